The van der Waals surface area contributed by atoms with Crippen LogP contribution in [0.15, 0.2) is 23.2 Å². The van der Waals surface area contributed by atoms with Gasteiger partial charge in [-0.3, -0.25) is 10.3 Å². The van der Waals surface area contributed by atoms with E-state index in [1.54, 1.807) is 33.9 Å². The summed E-state index contributed by atoms with van der Waals surface area (Å²) in [4.78, 5) is 17.4. The van der Waals surface area contributed by atoms with Gasteiger partial charge in [0.15, 0.2) is 0 Å². The Labute approximate surface area is 184 Å². The Morgan fingerprint density at radius 1 is 1.35 bits per heavy atom. The lowest BCUT2D eigenvalue weighted by atomic mass is 9.62. The second-order valence-electron chi connectivity index (χ2n) is 9.25. The fourth-order valence-corrected chi connectivity index (χ4v) is 4.23. The molecule has 1 aliphatic carbocycles. The molecule has 1 aliphatic rings. The lowest BCUT2D eigenvalue weighted by Crippen LogP contribution is -2.62. The van der Waals surface area contributed by atoms with Crippen LogP contribution in [0.5, 0.6) is 0 Å². The molecule has 1 saturated carbocycles. The third-order valence-electron chi connectivity index (χ3n) is 5.97. The van der Waals surface area contributed by atoms with Gasteiger partial charge in [0.05, 0.1) is 6.10 Å². The summed E-state index contributed by atoms with van der Waals surface area (Å²) < 4.78 is 26.2. The van der Waals surface area contributed by atoms with Gasteiger partial charge >= 0.3 is 6.09 Å². The SMILES string of the molecule is CC/C(=N\C1(c2cc(N)ccc2F)C[C@@H](OC)CCC1(N)CC)NC(=O)OC(C)(C)C. The van der Waals surface area contributed by atoms with Crippen molar-refractivity contribution in [3.05, 3.63) is 29.6 Å². The van der Waals surface area contributed by atoms with Gasteiger partial charge in [0.2, 0.25) is 0 Å². The van der Waals surface area contributed by atoms with Crippen molar-refractivity contribution in [2.45, 2.75) is 89.5 Å². The van der Waals surface area contributed by atoms with Gasteiger partial charge in [-0.1, -0.05) is 13.8 Å². The Hall–Kier alpha value is -2.19. The van der Waals surface area contributed by atoms with Crippen LogP contribution in [0.4, 0.5) is 14.9 Å². The van der Waals surface area contributed by atoms with Crippen LogP contribution in [-0.4, -0.2) is 36.3 Å². The molecule has 1 aromatic carbocycles. The largest absolute Gasteiger partial charge is 0.444 e. The topological polar surface area (TPSA) is 112 Å². The molecule has 0 aromatic heterocycles. The minimum absolute atomic E-state index is 0.160. The molecule has 1 fully saturated rings. The van der Waals surface area contributed by atoms with E-state index in [-0.39, 0.29) is 6.10 Å². The van der Waals surface area contributed by atoms with Gasteiger partial charge in [-0.2, -0.15) is 0 Å². The maximum Gasteiger partial charge on any atom is 0.413 e. The highest BCUT2D eigenvalue weighted by Crippen LogP contribution is 2.50. The lowest BCUT2D eigenvalue weighted by molar-refractivity contribution is 0.00102. The molecule has 0 radical (unpaired) electrons. The molecule has 8 heteroatoms. The fourth-order valence-electron chi connectivity index (χ4n) is 4.23. The van der Waals surface area contributed by atoms with Crippen molar-refractivity contribution in [3.63, 3.8) is 0 Å². The van der Waals surface area contributed by atoms with Crippen LogP contribution in [0.1, 0.15) is 72.3 Å². The second kappa shape index (κ2) is 9.53. The highest BCUT2D eigenvalue weighted by molar-refractivity contribution is 5.95. The van der Waals surface area contributed by atoms with Crippen molar-refractivity contribution in [1.82, 2.24) is 5.32 Å². The molecule has 0 saturated heterocycles. The Kier molecular flexibility index (Phi) is 7.70. The second-order valence-corrected chi connectivity index (χ2v) is 9.25. The zero-order valence-electron chi connectivity index (χ0n) is 19.5. The van der Waals surface area contributed by atoms with E-state index in [2.05, 4.69) is 5.32 Å². The zero-order chi connectivity index (χ0) is 23.4. The van der Waals surface area contributed by atoms with Crippen LogP contribution in [0, 0.1) is 5.82 Å². The van der Waals surface area contributed by atoms with Crippen LogP contribution in [0.25, 0.3) is 0 Å². The average molecular weight is 437 g/mol. The van der Waals surface area contributed by atoms with E-state index in [9.17, 15) is 4.79 Å². The maximum atomic E-state index is 15.2. The standard InChI is InChI=1S/C23H37FN4O3/c1-7-19(27-20(29)31-21(3,4)5)28-23(17-13-15(25)9-10-18(17)24)14-16(30-6)11-12-22(23,26)8-2/h9-10,13,16H,7-8,11-12,14,25-26H2,1-6H3,(H,27,28,29)/t16-,22?,23?/m0/s1. The van der Waals surface area contributed by atoms with Gasteiger partial charge in [-0.15, -0.1) is 0 Å². The van der Waals surface area contributed by atoms with Crippen molar-refractivity contribution < 1.29 is 18.7 Å². The number of rotatable bonds is 5. The zero-order valence-corrected chi connectivity index (χ0v) is 19.5. The summed E-state index contributed by atoms with van der Waals surface area (Å²) in [6.45, 7) is 9.18. The van der Waals surface area contributed by atoms with Crippen LogP contribution >= 0.6 is 0 Å². The summed E-state index contributed by atoms with van der Waals surface area (Å²) in [7, 11) is 1.63. The van der Waals surface area contributed by atoms with Crippen molar-refractivity contribution in [2.75, 3.05) is 12.8 Å². The van der Waals surface area contributed by atoms with E-state index < -0.39 is 28.6 Å². The highest BCUT2D eigenvalue weighted by atomic mass is 19.1. The predicted octanol–water partition coefficient (Wildman–Crippen LogP) is 4.24. The van der Waals surface area contributed by atoms with Gasteiger partial charge in [-0.25, -0.2) is 9.18 Å². The molecule has 1 amide bonds. The number of nitrogens with one attached hydrogen (secondary N) is 1. The molecule has 2 unspecified atom stereocenters. The molecule has 0 heterocycles. The number of amides is 1. The van der Waals surface area contributed by atoms with Crippen LogP contribution in [-0.2, 0) is 15.0 Å². The van der Waals surface area contributed by atoms with Crippen molar-refractivity contribution in [2.24, 2.45) is 10.7 Å². The van der Waals surface area contributed by atoms with Crippen LogP contribution in [0.2, 0.25) is 0 Å². The number of hydrogen-bond donors (Lipinski definition) is 3. The van der Waals surface area contributed by atoms with E-state index >= 15 is 4.39 Å². The first kappa shape index (κ1) is 25.1. The molecule has 0 bridgehead atoms. The van der Waals surface area contributed by atoms with Gasteiger partial charge < -0.3 is 20.9 Å². The van der Waals surface area contributed by atoms with Crippen molar-refractivity contribution in [3.8, 4) is 0 Å². The first-order valence-corrected chi connectivity index (χ1v) is 10.9. The maximum absolute atomic E-state index is 15.2. The number of hydrogen-bond acceptors (Lipinski definition) is 6. The molecule has 3 atom stereocenters. The summed E-state index contributed by atoms with van der Waals surface area (Å²) in [5, 5.41) is 2.73. The molecule has 0 spiro atoms. The molecule has 174 valence electrons. The summed E-state index contributed by atoms with van der Waals surface area (Å²) >= 11 is 0. The van der Waals surface area contributed by atoms with Crippen molar-refractivity contribution >= 4 is 17.6 Å². The number of methoxy groups -OCH3 is 1. The van der Waals surface area contributed by atoms with E-state index in [0.29, 0.717) is 42.8 Å². The number of alkyl carbamates (subject to hydrolysis) is 1. The number of benzene rings is 1. The van der Waals surface area contributed by atoms with Crippen LogP contribution in [0.3, 0.4) is 0 Å². The third kappa shape index (κ3) is 5.54. The Bertz CT molecular complexity index is 824. The van der Waals surface area contributed by atoms with E-state index in [1.807, 2.05) is 13.8 Å². The number of halogens is 1. The predicted molar refractivity (Wildman–Crippen MR) is 121 cm³/mol. The number of nitrogen functional groups attached to an aromatic ring is 1. The number of ether oxygens (including phenoxy) is 2. The third-order valence-corrected chi connectivity index (χ3v) is 5.97. The quantitative estimate of drug-likeness (QED) is 0.363. The van der Waals surface area contributed by atoms with Gasteiger partial charge in [0.25, 0.3) is 0 Å². The molecule has 31 heavy (non-hydrogen) atoms. The summed E-state index contributed by atoms with van der Waals surface area (Å²) in [5.41, 5.74) is 11.0. The molecule has 5 N–H and O–H groups in total. The first-order chi connectivity index (χ1) is 14.4. The van der Waals surface area contributed by atoms with Crippen molar-refractivity contribution in [1.29, 1.82) is 0 Å². The number of anilines is 1. The average Bonchev–Trinajstić information content (AvgIpc) is 2.69. The molecule has 7 nitrogen and oxygen atoms in total. The van der Waals surface area contributed by atoms with E-state index in [1.165, 1.54) is 12.1 Å². The molecule has 1 aromatic rings. The number of nitrogens with two attached hydrogens (primary N) is 2. The smallest absolute Gasteiger partial charge is 0.413 e. The summed E-state index contributed by atoms with van der Waals surface area (Å²) in [6.07, 6.45) is 1.88. The Morgan fingerprint density at radius 3 is 2.58 bits per heavy atom. The van der Waals surface area contributed by atoms with Gasteiger partial charge in [-0.05, 0) is 58.2 Å². The molecule has 2 rings (SSSR count). The minimum Gasteiger partial charge on any atom is -0.444 e. The fraction of sp³-hybridized carbons (Fsp3) is 0.652. The number of carbonyl (C=O) groups is 1. The number of nitrogens with zero attached hydrogens (tertiary/aromatic N) is 1. The number of aliphatic imine (C=N–C) groups is 1. The minimum atomic E-state index is -1.17. The van der Waals surface area contributed by atoms with Crippen LogP contribution < -0.4 is 16.8 Å². The summed E-state index contributed by atoms with van der Waals surface area (Å²) in [5.74, 6) is -0.0678. The lowest BCUT2D eigenvalue weighted by Gasteiger charge is -2.51. The number of carbonyl (C=O) groups excluding carboxylic acids is 1. The molecular weight excluding hydrogens is 399 g/mol. The molecule has 0 aliphatic heterocycles. The van der Waals surface area contributed by atoms with E-state index in [0.717, 1.165) is 6.42 Å². The molecular formula is C23H37FN4O3. The first-order valence-electron chi connectivity index (χ1n) is 10.9. The Balaban J connectivity index is 2.67. The normalized spacial score (nSPS) is 27.1. The van der Waals surface area contributed by atoms with Gasteiger partial charge in [0, 0.05) is 36.7 Å². The Morgan fingerprint density at radius 2 is 2.03 bits per heavy atom. The van der Waals surface area contributed by atoms with E-state index in [4.69, 9.17) is 25.9 Å². The monoisotopic (exact) mass is 436 g/mol. The summed E-state index contributed by atoms with van der Waals surface area (Å²) in [6, 6.07) is 4.44. The highest BCUT2D eigenvalue weighted by Gasteiger charge is 2.54. The number of amidine groups is 1. The van der Waals surface area contributed by atoms with Gasteiger partial charge in [0.1, 0.15) is 22.8 Å².